The van der Waals surface area contributed by atoms with Crippen LogP contribution in [-0.2, 0) is 12.7 Å². The summed E-state index contributed by atoms with van der Waals surface area (Å²) in [6.45, 7) is 0.146. The largest absolute Gasteiger partial charge is 0.433 e. The highest BCUT2D eigenvalue weighted by atomic mass is 35.5. The maximum absolute atomic E-state index is 12.8. The Labute approximate surface area is 161 Å². The van der Waals surface area contributed by atoms with E-state index in [2.05, 4.69) is 20.3 Å². The van der Waals surface area contributed by atoms with Gasteiger partial charge in [0.05, 0.1) is 4.92 Å². The summed E-state index contributed by atoms with van der Waals surface area (Å²) >= 11 is 5.64. The second kappa shape index (κ2) is 7.77. The van der Waals surface area contributed by atoms with Gasteiger partial charge in [-0.05, 0) is 12.1 Å². The second-order valence-electron chi connectivity index (χ2n) is 5.64. The third-order valence-corrected chi connectivity index (χ3v) is 3.80. The van der Waals surface area contributed by atoms with Crippen molar-refractivity contribution in [3.63, 3.8) is 0 Å². The van der Waals surface area contributed by atoms with Crippen LogP contribution < -0.4 is 5.32 Å². The summed E-state index contributed by atoms with van der Waals surface area (Å²) in [6, 6.07) is 8.00. The smallest absolute Gasteiger partial charge is 0.381 e. The van der Waals surface area contributed by atoms with Crippen molar-refractivity contribution in [3.8, 4) is 11.4 Å². The molecule has 0 aliphatic carbocycles. The van der Waals surface area contributed by atoms with Gasteiger partial charge in [0, 0.05) is 47.9 Å². The van der Waals surface area contributed by atoms with Crippen LogP contribution in [0.15, 0.2) is 48.8 Å². The Hall–Kier alpha value is -3.27. The lowest BCUT2D eigenvalue weighted by molar-refractivity contribution is -0.384. The fourth-order valence-corrected chi connectivity index (χ4v) is 2.51. The first-order chi connectivity index (χ1) is 13.2. The molecular weight excluding hydrogens is 399 g/mol. The van der Waals surface area contributed by atoms with Gasteiger partial charge in [-0.3, -0.25) is 10.1 Å². The molecule has 3 rings (SSSR count). The lowest BCUT2D eigenvalue weighted by Gasteiger charge is -2.11. The minimum absolute atomic E-state index is 0.0816. The number of alkyl halides is 3. The fraction of sp³-hybridized carbons (Fsp3) is 0.118. The summed E-state index contributed by atoms with van der Waals surface area (Å²) in [7, 11) is 0. The number of rotatable bonds is 5. The van der Waals surface area contributed by atoms with Crippen molar-refractivity contribution in [1.29, 1.82) is 0 Å². The van der Waals surface area contributed by atoms with Gasteiger partial charge in [-0.25, -0.2) is 15.0 Å². The van der Waals surface area contributed by atoms with Crippen molar-refractivity contribution in [2.75, 3.05) is 5.32 Å². The number of nitro groups is 1. The quantitative estimate of drug-likeness (QED) is 0.372. The van der Waals surface area contributed by atoms with E-state index >= 15 is 0 Å². The Bertz CT molecular complexity index is 1010. The van der Waals surface area contributed by atoms with E-state index in [1.807, 2.05) is 0 Å². The van der Waals surface area contributed by atoms with E-state index in [1.165, 1.54) is 36.7 Å². The number of hydrogen-bond acceptors (Lipinski definition) is 6. The number of nitrogens with zero attached hydrogens (tertiary/aromatic N) is 4. The molecule has 7 nitrogen and oxygen atoms in total. The molecule has 11 heteroatoms. The lowest BCUT2D eigenvalue weighted by atomic mass is 10.2. The Kier molecular flexibility index (Phi) is 5.41. The van der Waals surface area contributed by atoms with Crippen LogP contribution in [0.2, 0.25) is 5.15 Å². The SMILES string of the molecule is O=[N+]([O-])c1cccc(-c2ncc(CNc3cc(Cl)nc(C(F)(F)F)c3)cn2)c1. The summed E-state index contributed by atoms with van der Waals surface area (Å²) in [6.07, 6.45) is -1.66. The van der Waals surface area contributed by atoms with Crippen LogP contribution >= 0.6 is 11.6 Å². The molecule has 0 saturated heterocycles. The van der Waals surface area contributed by atoms with Crippen molar-refractivity contribution >= 4 is 23.0 Å². The number of pyridine rings is 1. The zero-order valence-electron chi connectivity index (χ0n) is 13.9. The summed E-state index contributed by atoms with van der Waals surface area (Å²) in [5, 5.41) is 13.4. The number of aromatic nitrogens is 3. The molecule has 0 spiro atoms. The van der Waals surface area contributed by atoms with Crippen LogP contribution in [0.25, 0.3) is 11.4 Å². The molecule has 0 fully saturated rings. The topological polar surface area (TPSA) is 93.8 Å². The van der Waals surface area contributed by atoms with Gasteiger partial charge >= 0.3 is 6.18 Å². The molecule has 0 radical (unpaired) electrons. The van der Waals surface area contributed by atoms with Crippen molar-refractivity contribution in [3.05, 3.63) is 75.3 Å². The predicted molar refractivity (Wildman–Crippen MR) is 95.7 cm³/mol. The number of hydrogen-bond donors (Lipinski definition) is 1. The summed E-state index contributed by atoms with van der Waals surface area (Å²) in [4.78, 5) is 21.9. The average molecular weight is 410 g/mol. The van der Waals surface area contributed by atoms with Crippen molar-refractivity contribution in [2.24, 2.45) is 0 Å². The molecule has 2 heterocycles. The molecule has 0 amide bonds. The predicted octanol–water partition coefficient (Wildman–Crippen LogP) is 4.73. The number of nitro benzene ring substituents is 1. The normalized spacial score (nSPS) is 11.3. The van der Waals surface area contributed by atoms with E-state index in [0.29, 0.717) is 17.0 Å². The molecule has 1 aromatic carbocycles. The number of anilines is 1. The number of non-ortho nitro benzene ring substituents is 1. The summed E-state index contributed by atoms with van der Waals surface area (Å²) < 4.78 is 38.4. The van der Waals surface area contributed by atoms with E-state index in [0.717, 1.165) is 6.07 Å². The van der Waals surface area contributed by atoms with Gasteiger partial charge in [0.25, 0.3) is 5.69 Å². The Morgan fingerprint density at radius 1 is 1.14 bits per heavy atom. The van der Waals surface area contributed by atoms with E-state index < -0.39 is 16.8 Å². The van der Waals surface area contributed by atoms with Gasteiger partial charge in [-0.2, -0.15) is 13.2 Å². The Balaban J connectivity index is 1.73. The van der Waals surface area contributed by atoms with Gasteiger partial charge in [0.2, 0.25) is 0 Å². The highest BCUT2D eigenvalue weighted by Crippen LogP contribution is 2.31. The first-order valence-corrected chi connectivity index (χ1v) is 8.14. The molecule has 0 saturated carbocycles. The standard InChI is InChI=1S/C17H11ClF3N5O2/c18-15-6-12(5-14(25-15)17(19,20)21)22-7-10-8-23-16(24-9-10)11-2-1-3-13(4-11)26(27)28/h1-6,8-9H,7H2,(H,22,25). The van der Waals surface area contributed by atoms with Crippen LogP contribution in [0.1, 0.15) is 11.3 Å². The van der Waals surface area contributed by atoms with Gasteiger partial charge < -0.3 is 5.32 Å². The number of benzene rings is 1. The minimum Gasteiger partial charge on any atom is -0.381 e. The highest BCUT2D eigenvalue weighted by molar-refractivity contribution is 6.29. The van der Waals surface area contributed by atoms with Crippen molar-refractivity contribution in [2.45, 2.75) is 12.7 Å². The molecule has 28 heavy (non-hydrogen) atoms. The lowest BCUT2D eigenvalue weighted by Crippen LogP contribution is -2.09. The van der Waals surface area contributed by atoms with Crippen molar-refractivity contribution < 1.29 is 18.1 Å². The monoisotopic (exact) mass is 409 g/mol. The zero-order chi connectivity index (χ0) is 20.3. The second-order valence-corrected chi connectivity index (χ2v) is 6.02. The third kappa shape index (κ3) is 4.71. The Morgan fingerprint density at radius 2 is 1.86 bits per heavy atom. The molecule has 144 valence electrons. The third-order valence-electron chi connectivity index (χ3n) is 3.60. The maximum Gasteiger partial charge on any atom is 0.433 e. The van der Waals surface area contributed by atoms with E-state index in [4.69, 9.17) is 11.6 Å². The summed E-state index contributed by atoms with van der Waals surface area (Å²) in [5.74, 6) is 0.291. The molecule has 3 aromatic rings. The van der Waals surface area contributed by atoms with Gasteiger partial charge in [-0.1, -0.05) is 23.7 Å². The molecule has 0 aliphatic heterocycles. The molecular formula is C17H11ClF3N5O2. The average Bonchev–Trinajstić information content (AvgIpc) is 2.66. The van der Waals surface area contributed by atoms with Gasteiger partial charge in [0.1, 0.15) is 10.8 Å². The van der Waals surface area contributed by atoms with E-state index in [-0.39, 0.29) is 23.1 Å². The molecule has 0 bridgehead atoms. The number of halogens is 4. The highest BCUT2D eigenvalue weighted by Gasteiger charge is 2.33. The first kappa shape index (κ1) is 19.5. The van der Waals surface area contributed by atoms with Crippen LogP contribution in [0.3, 0.4) is 0 Å². The first-order valence-electron chi connectivity index (χ1n) is 7.77. The van der Waals surface area contributed by atoms with Gasteiger partial charge in [0.15, 0.2) is 5.82 Å². The van der Waals surface area contributed by atoms with Crippen molar-refractivity contribution in [1.82, 2.24) is 15.0 Å². The van der Waals surface area contributed by atoms with E-state index in [9.17, 15) is 23.3 Å². The molecule has 0 atom stereocenters. The number of nitrogens with one attached hydrogen (secondary N) is 1. The van der Waals surface area contributed by atoms with Crippen LogP contribution in [0, 0.1) is 10.1 Å². The maximum atomic E-state index is 12.8. The minimum atomic E-state index is -4.61. The molecule has 0 aliphatic rings. The summed E-state index contributed by atoms with van der Waals surface area (Å²) in [5.41, 5.74) is 0.0388. The van der Waals surface area contributed by atoms with Crippen LogP contribution in [0.5, 0.6) is 0 Å². The fourth-order valence-electron chi connectivity index (χ4n) is 2.30. The van der Waals surface area contributed by atoms with E-state index in [1.54, 1.807) is 6.07 Å². The van der Waals surface area contributed by atoms with Gasteiger partial charge in [-0.15, -0.1) is 0 Å². The molecule has 2 aromatic heterocycles. The Morgan fingerprint density at radius 3 is 2.50 bits per heavy atom. The molecule has 1 N–H and O–H groups in total. The molecule has 0 unspecified atom stereocenters. The van der Waals surface area contributed by atoms with Crippen LogP contribution in [-0.4, -0.2) is 19.9 Å². The van der Waals surface area contributed by atoms with Crippen LogP contribution in [0.4, 0.5) is 24.5 Å². The zero-order valence-corrected chi connectivity index (χ0v) is 14.7.